The van der Waals surface area contributed by atoms with Crippen LogP contribution in [0.1, 0.15) is 74.1 Å². The zero-order chi connectivity index (χ0) is 18.5. The van der Waals surface area contributed by atoms with E-state index >= 15 is 0 Å². The molecule has 0 aromatic rings. The standard InChI is InChI=1S/C16H29NO6/c1-14(2,3)22-12(18)8-10-16(7,17(20)21)11-9-13(19)23-15(4,5)6/h8-11H2,1-7H3. The second-order valence-electron chi connectivity index (χ2n) is 7.93. The van der Waals surface area contributed by atoms with Gasteiger partial charge in [0.05, 0.1) is 12.8 Å². The van der Waals surface area contributed by atoms with Crippen molar-refractivity contribution in [2.24, 2.45) is 0 Å². The van der Waals surface area contributed by atoms with Gasteiger partial charge < -0.3 is 9.47 Å². The van der Waals surface area contributed by atoms with Crippen molar-refractivity contribution in [3.05, 3.63) is 10.1 Å². The molecule has 0 heterocycles. The smallest absolute Gasteiger partial charge is 0.306 e. The van der Waals surface area contributed by atoms with E-state index in [2.05, 4.69) is 0 Å². The molecule has 7 heteroatoms. The van der Waals surface area contributed by atoms with E-state index in [1.165, 1.54) is 6.92 Å². The van der Waals surface area contributed by atoms with Crippen molar-refractivity contribution >= 4 is 11.9 Å². The molecule has 0 aliphatic carbocycles. The van der Waals surface area contributed by atoms with Crippen molar-refractivity contribution in [3.8, 4) is 0 Å². The van der Waals surface area contributed by atoms with E-state index in [1.807, 2.05) is 0 Å². The Morgan fingerprint density at radius 3 is 1.35 bits per heavy atom. The molecule has 0 aliphatic heterocycles. The molecule has 0 saturated carbocycles. The molecule has 134 valence electrons. The third kappa shape index (κ3) is 9.86. The highest BCUT2D eigenvalue weighted by molar-refractivity contribution is 5.70. The fourth-order valence-corrected chi connectivity index (χ4v) is 1.84. The Labute approximate surface area is 137 Å². The van der Waals surface area contributed by atoms with Crippen LogP contribution in [0.3, 0.4) is 0 Å². The maximum absolute atomic E-state index is 11.7. The lowest BCUT2D eigenvalue weighted by molar-refractivity contribution is -0.567. The predicted octanol–water partition coefficient (Wildman–Crippen LogP) is 3.27. The monoisotopic (exact) mass is 331 g/mol. The van der Waals surface area contributed by atoms with Crippen molar-refractivity contribution in [1.29, 1.82) is 0 Å². The maximum atomic E-state index is 11.7. The minimum Gasteiger partial charge on any atom is -0.460 e. The quantitative estimate of drug-likeness (QED) is 0.403. The van der Waals surface area contributed by atoms with Crippen molar-refractivity contribution in [2.45, 2.75) is 90.9 Å². The number of nitrogens with zero attached hydrogens (tertiary/aromatic N) is 1. The Morgan fingerprint density at radius 1 is 0.826 bits per heavy atom. The van der Waals surface area contributed by atoms with E-state index in [-0.39, 0.29) is 25.7 Å². The van der Waals surface area contributed by atoms with Gasteiger partial charge in [-0.05, 0) is 41.5 Å². The molecule has 0 spiro atoms. The van der Waals surface area contributed by atoms with Gasteiger partial charge in [0, 0.05) is 24.7 Å². The summed E-state index contributed by atoms with van der Waals surface area (Å²) in [7, 11) is 0. The van der Waals surface area contributed by atoms with Crippen LogP contribution in [0.2, 0.25) is 0 Å². The molecule has 0 unspecified atom stereocenters. The first kappa shape index (κ1) is 21.3. The van der Waals surface area contributed by atoms with Gasteiger partial charge in [0.15, 0.2) is 0 Å². The first-order chi connectivity index (χ1) is 10.1. The van der Waals surface area contributed by atoms with Crippen LogP contribution in [0.15, 0.2) is 0 Å². The lowest BCUT2D eigenvalue weighted by atomic mass is 9.91. The van der Waals surface area contributed by atoms with Gasteiger partial charge in [-0.15, -0.1) is 0 Å². The zero-order valence-electron chi connectivity index (χ0n) is 15.2. The molecule has 7 nitrogen and oxygen atoms in total. The van der Waals surface area contributed by atoms with Gasteiger partial charge in [0.2, 0.25) is 5.54 Å². The van der Waals surface area contributed by atoms with Crippen LogP contribution < -0.4 is 0 Å². The highest BCUT2D eigenvalue weighted by Crippen LogP contribution is 2.25. The SMILES string of the molecule is CC(C)(C)OC(=O)CCC(C)(CCC(=O)OC(C)(C)C)[N+](=O)[O-]. The van der Waals surface area contributed by atoms with E-state index in [4.69, 9.17) is 9.47 Å². The van der Waals surface area contributed by atoms with E-state index in [0.29, 0.717) is 0 Å². The number of esters is 2. The molecule has 23 heavy (non-hydrogen) atoms. The van der Waals surface area contributed by atoms with Gasteiger partial charge in [-0.3, -0.25) is 19.7 Å². The van der Waals surface area contributed by atoms with Crippen LogP contribution in [0.25, 0.3) is 0 Å². The van der Waals surface area contributed by atoms with Crippen molar-refractivity contribution in [3.63, 3.8) is 0 Å². The lowest BCUT2D eigenvalue weighted by Crippen LogP contribution is -2.37. The second kappa shape index (κ2) is 7.75. The van der Waals surface area contributed by atoms with Gasteiger partial charge >= 0.3 is 11.9 Å². The third-order valence-corrected chi connectivity index (χ3v) is 3.02. The average Bonchev–Trinajstić information content (AvgIpc) is 2.29. The minimum atomic E-state index is -1.37. The molecular formula is C16H29NO6. The third-order valence-electron chi connectivity index (χ3n) is 3.02. The summed E-state index contributed by atoms with van der Waals surface area (Å²) in [5.41, 5.74) is -2.62. The summed E-state index contributed by atoms with van der Waals surface area (Å²) in [6, 6.07) is 0. The summed E-state index contributed by atoms with van der Waals surface area (Å²) in [6.07, 6.45) is -0.110. The second-order valence-corrected chi connectivity index (χ2v) is 7.93. The highest BCUT2D eigenvalue weighted by atomic mass is 16.6. The Kier molecular flexibility index (Phi) is 7.19. The van der Waals surface area contributed by atoms with Crippen LogP contribution >= 0.6 is 0 Å². The van der Waals surface area contributed by atoms with Crippen LogP contribution in [-0.2, 0) is 19.1 Å². The Hall–Kier alpha value is -1.66. The number of nitro groups is 1. The molecule has 0 aromatic heterocycles. The van der Waals surface area contributed by atoms with Gasteiger partial charge in [0.25, 0.3) is 0 Å². The van der Waals surface area contributed by atoms with Crippen LogP contribution in [0.4, 0.5) is 0 Å². The highest BCUT2D eigenvalue weighted by Gasteiger charge is 2.38. The van der Waals surface area contributed by atoms with Crippen molar-refractivity contribution in [2.75, 3.05) is 0 Å². The van der Waals surface area contributed by atoms with Crippen LogP contribution in [-0.4, -0.2) is 33.6 Å². The molecule has 0 saturated heterocycles. The van der Waals surface area contributed by atoms with Gasteiger partial charge in [-0.2, -0.15) is 0 Å². The van der Waals surface area contributed by atoms with Gasteiger partial charge in [-0.1, -0.05) is 0 Å². The summed E-state index contributed by atoms with van der Waals surface area (Å²) >= 11 is 0. The summed E-state index contributed by atoms with van der Waals surface area (Å²) in [5, 5.41) is 11.3. The van der Waals surface area contributed by atoms with E-state index < -0.39 is 33.6 Å². The molecule has 0 radical (unpaired) electrons. The van der Waals surface area contributed by atoms with E-state index in [1.54, 1.807) is 41.5 Å². The fourth-order valence-electron chi connectivity index (χ4n) is 1.84. The molecule has 0 atom stereocenters. The first-order valence-electron chi connectivity index (χ1n) is 7.73. The van der Waals surface area contributed by atoms with E-state index in [0.717, 1.165) is 0 Å². The molecule has 0 fully saturated rings. The Bertz CT molecular complexity index is 412. The Morgan fingerprint density at radius 2 is 1.13 bits per heavy atom. The number of rotatable bonds is 7. The number of carbonyl (C=O) groups is 2. The lowest BCUT2D eigenvalue weighted by Gasteiger charge is -2.24. The Balaban J connectivity index is 4.61. The number of hydrogen-bond donors (Lipinski definition) is 0. The molecule has 0 aromatic carbocycles. The van der Waals surface area contributed by atoms with Gasteiger partial charge in [-0.25, -0.2) is 0 Å². The molecule has 0 amide bonds. The summed E-state index contributed by atoms with van der Waals surface area (Å²) in [5.74, 6) is -0.967. The average molecular weight is 331 g/mol. The minimum absolute atomic E-state index is 0.0116. The molecule has 0 N–H and O–H groups in total. The molecular weight excluding hydrogens is 302 g/mol. The van der Waals surface area contributed by atoms with E-state index in [9.17, 15) is 19.7 Å². The van der Waals surface area contributed by atoms with Crippen molar-refractivity contribution in [1.82, 2.24) is 0 Å². The predicted molar refractivity (Wildman–Crippen MR) is 85.6 cm³/mol. The van der Waals surface area contributed by atoms with Crippen LogP contribution in [0, 0.1) is 10.1 Å². The van der Waals surface area contributed by atoms with Crippen LogP contribution in [0.5, 0.6) is 0 Å². The topological polar surface area (TPSA) is 95.7 Å². The molecule has 0 bridgehead atoms. The van der Waals surface area contributed by atoms with Crippen molar-refractivity contribution < 1.29 is 24.0 Å². The normalized spacial score (nSPS) is 12.7. The largest absolute Gasteiger partial charge is 0.460 e. The number of ether oxygens (including phenoxy) is 2. The first-order valence-corrected chi connectivity index (χ1v) is 7.73. The number of hydrogen-bond acceptors (Lipinski definition) is 6. The zero-order valence-corrected chi connectivity index (χ0v) is 15.2. The molecule has 0 rings (SSSR count). The van der Waals surface area contributed by atoms with Gasteiger partial charge in [0.1, 0.15) is 11.2 Å². The summed E-state index contributed by atoms with van der Waals surface area (Å²) in [4.78, 5) is 34.3. The fraction of sp³-hybridized carbons (Fsp3) is 0.875. The number of carbonyl (C=O) groups excluding carboxylic acids is 2. The molecule has 0 aliphatic rings. The summed E-state index contributed by atoms with van der Waals surface area (Å²) < 4.78 is 10.3. The maximum Gasteiger partial charge on any atom is 0.306 e. The summed E-state index contributed by atoms with van der Waals surface area (Å²) in [6.45, 7) is 11.8.